The normalized spacial score (nSPS) is 17.8. The zero-order valence-corrected chi connectivity index (χ0v) is 13.6. The Bertz CT molecular complexity index is 574. The van der Waals surface area contributed by atoms with Crippen molar-refractivity contribution in [2.45, 2.75) is 32.9 Å². The van der Waals surface area contributed by atoms with Crippen LogP contribution in [0.4, 0.5) is 5.69 Å². The molecule has 0 atom stereocenters. The zero-order chi connectivity index (χ0) is 14.9. The highest BCUT2D eigenvalue weighted by molar-refractivity contribution is 7.89. The molecule has 1 aromatic rings. The third-order valence-electron chi connectivity index (χ3n) is 4.11. The first-order valence-electron chi connectivity index (χ1n) is 7.14. The second-order valence-corrected chi connectivity index (χ2v) is 8.19. The molecule has 2 rings (SSSR count). The lowest BCUT2D eigenvalue weighted by molar-refractivity contribution is 0.381. The monoisotopic (exact) mass is 296 g/mol. The molecular weight excluding hydrogens is 272 g/mol. The number of aryl methyl sites for hydroxylation is 1. The van der Waals surface area contributed by atoms with E-state index >= 15 is 0 Å². The topological polar surface area (TPSA) is 40.6 Å². The van der Waals surface area contributed by atoms with Gasteiger partial charge in [0.2, 0.25) is 10.0 Å². The van der Waals surface area contributed by atoms with Crippen LogP contribution in [-0.2, 0) is 10.0 Å². The van der Waals surface area contributed by atoms with Gasteiger partial charge < -0.3 is 4.90 Å². The molecule has 0 aliphatic carbocycles. The van der Waals surface area contributed by atoms with E-state index in [1.807, 2.05) is 0 Å². The van der Waals surface area contributed by atoms with Crippen molar-refractivity contribution in [1.82, 2.24) is 4.31 Å². The number of sulfonamides is 1. The Kier molecular flexibility index (Phi) is 4.39. The van der Waals surface area contributed by atoms with Crippen LogP contribution < -0.4 is 4.90 Å². The van der Waals surface area contributed by atoms with Crippen molar-refractivity contribution in [3.05, 3.63) is 29.3 Å². The van der Waals surface area contributed by atoms with Crippen LogP contribution in [0.3, 0.4) is 0 Å². The summed E-state index contributed by atoms with van der Waals surface area (Å²) < 4.78 is 25.9. The fourth-order valence-electron chi connectivity index (χ4n) is 2.56. The van der Waals surface area contributed by atoms with Gasteiger partial charge in [-0.15, -0.1) is 0 Å². The highest BCUT2D eigenvalue weighted by Crippen LogP contribution is 2.24. The maximum atomic E-state index is 12.2. The van der Waals surface area contributed by atoms with E-state index in [0.29, 0.717) is 13.1 Å². The maximum absolute atomic E-state index is 12.2. The minimum absolute atomic E-state index is 0.338. The molecule has 1 heterocycles. The predicted octanol–water partition coefficient (Wildman–Crippen LogP) is 2.16. The molecule has 1 aliphatic heterocycles. The van der Waals surface area contributed by atoms with Crippen LogP contribution in [0.1, 0.15) is 25.0 Å². The van der Waals surface area contributed by atoms with E-state index in [1.54, 1.807) is 18.2 Å². The van der Waals surface area contributed by atoms with E-state index in [0.717, 1.165) is 13.1 Å². The van der Waals surface area contributed by atoms with Gasteiger partial charge in [0.1, 0.15) is 0 Å². The molecule has 0 spiro atoms. The quantitative estimate of drug-likeness (QED) is 0.858. The summed E-state index contributed by atoms with van der Waals surface area (Å²) in [7, 11) is -3.12. The lowest BCUT2D eigenvalue weighted by atomic mass is 10.1. The van der Waals surface area contributed by atoms with Crippen LogP contribution in [0.5, 0.6) is 0 Å². The number of anilines is 1. The smallest absolute Gasteiger partial charge is 0.216 e. The maximum Gasteiger partial charge on any atom is 0.216 e. The Morgan fingerprint density at radius 3 is 2.20 bits per heavy atom. The number of benzene rings is 1. The zero-order valence-electron chi connectivity index (χ0n) is 12.8. The Balaban J connectivity index is 2.11. The highest BCUT2D eigenvalue weighted by Gasteiger charge is 2.29. The van der Waals surface area contributed by atoms with Crippen LogP contribution in [0.15, 0.2) is 18.2 Å². The molecule has 1 aromatic carbocycles. The standard InChI is InChI=1S/C15H24N2O2S/c1-12(2)20(18,19)17-10-8-16(9-11-17)15-7-5-6-13(3)14(15)4/h5-7,12H,8-11H2,1-4H3. The van der Waals surface area contributed by atoms with Gasteiger partial charge in [-0.2, -0.15) is 4.31 Å². The molecule has 0 radical (unpaired) electrons. The van der Waals surface area contributed by atoms with E-state index in [2.05, 4.69) is 36.9 Å². The molecule has 0 N–H and O–H groups in total. The molecule has 1 aliphatic rings. The molecule has 0 bridgehead atoms. The molecular formula is C15H24N2O2S. The van der Waals surface area contributed by atoms with E-state index in [4.69, 9.17) is 0 Å². The van der Waals surface area contributed by atoms with Gasteiger partial charge in [0, 0.05) is 31.9 Å². The summed E-state index contributed by atoms with van der Waals surface area (Å²) in [5.41, 5.74) is 3.79. The van der Waals surface area contributed by atoms with Gasteiger partial charge in [-0.3, -0.25) is 0 Å². The summed E-state index contributed by atoms with van der Waals surface area (Å²) >= 11 is 0. The minimum Gasteiger partial charge on any atom is -0.369 e. The van der Waals surface area contributed by atoms with Crippen molar-refractivity contribution in [1.29, 1.82) is 0 Å². The summed E-state index contributed by atoms with van der Waals surface area (Å²) in [6.45, 7) is 10.4. The van der Waals surface area contributed by atoms with Gasteiger partial charge in [0.25, 0.3) is 0 Å². The largest absolute Gasteiger partial charge is 0.369 e. The Morgan fingerprint density at radius 1 is 1.05 bits per heavy atom. The van der Waals surface area contributed by atoms with Crippen molar-refractivity contribution >= 4 is 15.7 Å². The van der Waals surface area contributed by atoms with Crippen LogP contribution in [0.2, 0.25) is 0 Å². The van der Waals surface area contributed by atoms with E-state index < -0.39 is 10.0 Å². The molecule has 112 valence electrons. The van der Waals surface area contributed by atoms with Crippen LogP contribution in [-0.4, -0.2) is 44.2 Å². The molecule has 20 heavy (non-hydrogen) atoms. The first kappa shape index (κ1) is 15.3. The fraction of sp³-hybridized carbons (Fsp3) is 0.600. The number of nitrogens with zero attached hydrogens (tertiary/aromatic N) is 2. The summed E-state index contributed by atoms with van der Waals surface area (Å²) in [4.78, 5) is 2.29. The second kappa shape index (κ2) is 5.74. The molecule has 4 nitrogen and oxygen atoms in total. The first-order chi connectivity index (χ1) is 9.34. The van der Waals surface area contributed by atoms with Gasteiger partial charge in [0.15, 0.2) is 0 Å². The Hall–Kier alpha value is -1.07. The minimum atomic E-state index is -3.12. The van der Waals surface area contributed by atoms with E-state index in [-0.39, 0.29) is 5.25 Å². The van der Waals surface area contributed by atoms with Crippen LogP contribution in [0, 0.1) is 13.8 Å². The summed E-state index contributed by atoms with van der Waals surface area (Å²) in [5.74, 6) is 0. The molecule has 5 heteroatoms. The summed E-state index contributed by atoms with van der Waals surface area (Å²) in [6, 6.07) is 6.29. The number of hydrogen-bond donors (Lipinski definition) is 0. The molecule has 0 amide bonds. The number of piperazine rings is 1. The van der Waals surface area contributed by atoms with Crippen molar-refractivity contribution < 1.29 is 8.42 Å². The Labute approximate surface area is 122 Å². The van der Waals surface area contributed by atoms with E-state index in [9.17, 15) is 8.42 Å². The van der Waals surface area contributed by atoms with Crippen molar-refractivity contribution in [2.75, 3.05) is 31.1 Å². The first-order valence-corrected chi connectivity index (χ1v) is 8.64. The van der Waals surface area contributed by atoms with Gasteiger partial charge in [-0.25, -0.2) is 8.42 Å². The lowest BCUT2D eigenvalue weighted by Gasteiger charge is -2.37. The van der Waals surface area contributed by atoms with E-state index in [1.165, 1.54) is 16.8 Å². The highest BCUT2D eigenvalue weighted by atomic mass is 32.2. The fourth-order valence-corrected chi connectivity index (χ4v) is 3.83. The van der Waals surface area contributed by atoms with Crippen LogP contribution >= 0.6 is 0 Å². The SMILES string of the molecule is Cc1cccc(N2CCN(S(=O)(=O)C(C)C)CC2)c1C. The molecule has 1 fully saturated rings. The summed E-state index contributed by atoms with van der Waals surface area (Å²) in [6.07, 6.45) is 0. The van der Waals surface area contributed by atoms with Crippen molar-refractivity contribution in [2.24, 2.45) is 0 Å². The third-order valence-corrected chi connectivity index (χ3v) is 6.39. The summed E-state index contributed by atoms with van der Waals surface area (Å²) in [5, 5.41) is -0.338. The third kappa shape index (κ3) is 2.83. The number of hydrogen-bond acceptors (Lipinski definition) is 3. The second-order valence-electron chi connectivity index (χ2n) is 5.70. The van der Waals surface area contributed by atoms with Gasteiger partial charge in [-0.05, 0) is 44.9 Å². The molecule has 0 unspecified atom stereocenters. The predicted molar refractivity (Wildman–Crippen MR) is 83.8 cm³/mol. The number of rotatable bonds is 3. The average Bonchev–Trinajstić information content (AvgIpc) is 2.42. The lowest BCUT2D eigenvalue weighted by Crippen LogP contribution is -2.50. The van der Waals surface area contributed by atoms with Crippen LogP contribution in [0.25, 0.3) is 0 Å². The molecule has 0 aromatic heterocycles. The van der Waals surface area contributed by atoms with Crippen molar-refractivity contribution in [3.8, 4) is 0 Å². The van der Waals surface area contributed by atoms with Gasteiger partial charge in [0.05, 0.1) is 5.25 Å². The molecule has 0 saturated carbocycles. The average molecular weight is 296 g/mol. The Morgan fingerprint density at radius 2 is 1.65 bits per heavy atom. The van der Waals surface area contributed by atoms with Gasteiger partial charge in [-0.1, -0.05) is 12.1 Å². The molecule has 1 saturated heterocycles. The van der Waals surface area contributed by atoms with Crippen molar-refractivity contribution in [3.63, 3.8) is 0 Å². The van der Waals surface area contributed by atoms with Gasteiger partial charge >= 0.3 is 0 Å².